The van der Waals surface area contributed by atoms with Gasteiger partial charge in [0.05, 0.1) is 24.8 Å². The summed E-state index contributed by atoms with van der Waals surface area (Å²) in [4.78, 5) is 15.0. The molecule has 0 spiro atoms. The fraction of sp³-hybridized carbons (Fsp3) is 0.130. The Labute approximate surface area is 184 Å². The molecule has 4 rings (SSSR count). The number of thiocarbonyl (C=S) groups is 1. The lowest BCUT2D eigenvalue weighted by molar-refractivity contribution is -0.122. The van der Waals surface area contributed by atoms with Gasteiger partial charge in [0.25, 0.3) is 5.91 Å². The maximum absolute atomic E-state index is 12.9. The number of carbonyl (C=O) groups is 1. The van der Waals surface area contributed by atoms with Crippen molar-refractivity contribution in [1.29, 1.82) is 0 Å². The molecule has 0 N–H and O–H groups in total. The quantitative estimate of drug-likeness (QED) is 0.371. The van der Waals surface area contributed by atoms with Crippen LogP contribution < -0.4 is 9.47 Å². The third-order valence-electron chi connectivity index (χ3n) is 4.51. The standard InChI is InChI=1S/C23H19NO4S2/c1-26-18-9-10-20(28-15-16-6-3-2-4-7-16)17(12-18)13-21-22(25)24(23(29)30-21)14-19-8-5-11-27-19/h2-13H,14-15H2,1H3. The van der Waals surface area contributed by atoms with Crippen LogP contribution in [0, 0.1) is 0 Å². The van der Waals surface area contributed by atoms with Gasteiger partial charge in [-0.25, -0.2) is 0 Å². The normalized spacial score (nSPS) is 15.1. The van der Waals surface area contributed by atoms with Gasteiger partial charge in [0.1, 0.15) is 28.2 Å². The Morgan fingerprint density at radius 1 is 1.13 bits per heavy atom. The highest BCUT2D eigenvalue weighted by molar-refractivity contribution is 8.26. The molecule has 30 heavy (non-hydrogen) atoms. The number of methoxy groups -OCH3 is 1. The van der Waals surface area contributed by atoms with E-state index in [0.29, 0.717) is 39.6 Å². The highest BCUT2D eigenvalue weighted by Crippen LogP contribution is 2.36. The molecule has 1 aromatic heterocycles. The van der Waals surface area contributed by atoms with Crippen molar-refractivity contribution in [2.24, 2.45) is 0 Å². The number of hydrogen-bond donors (Lipinski definition) is 0. The molecule has 1 aliphatic rings. The molecular formula is C23H19NO4S2. The largest absolute Gasteiger partial charge is 0.497 e. The van der Waals surface area contributed by atoms with Crippen molar-refractivity contribution in [1.82, 2.24) is 4.90 Å². The number of benzene rings is 2. The highest BCUT2D eigenvalue weighted by Gasteiger charge is 2.32. The summed E-state index contributed by atoms with van der Waals surface area (Å²) in [6.45, 7) is 0.734. The zero-order chi connectivity index (χ0) is 20.9. The van der Waals surface area contributed by atoms with Gasteiger partial charge in [0, 0.05) is 5.56 Å². The molecule has 3 aromatic rings. The summed E-state index contributed by atoms with van der Waals surface area (Å²) in [7, 11) is 1.60. The Bertz CT molecular complexity index is 1080. The lowest BCUT2D eigenvalue weighted by Gasteiger charge is -2.12. The van der Waals surface area contributed by atoms with Crippen molar-refractivity contribution in [2.75, 3.05) is 7.11 Å². The molecule has 2 heterocycles. The molecule has 0 radical (unpaired) electrons. The third-order valence-corrected chi connectivity index (χ3v) is 5.89. The van der Waals surface area contributed by atoms with E-state index in [0.717, 1.165) is 11.1 Å². The van der Waals surface area contributed by atoms with E-state index in [1.807, 2.05) is 54.6 Å². The Balaban J connectivity index is 1.58. The van der Waals surface area contributed by atoms with Crippen LogP contribution in [0.5, 0.6) is 11.5 Å². The second-order valence-electron chi connectivity index (χ2n) is 6.53. The number of furan rings is 1. The Hall–Kier alpha value is -3.03. The fourth-order valence-corrected chi connectivity index (χ4v) is 4.21. The summed E-state index contributed by atoms with van der Waals surface area (Å²) in [5, 5.41) is 0. The average Bonchev–Trinajstić information content (AvgIpc) is 3.38. The van der Waals surface area contributed by atoms with Crippen molar-refractivity contribution in [3.63, 3.8) is 0 Å². The molecule has 0 bridgehead atoms. The van der Waals surface area contributed by atoms with E-state index in [2.05, 4.69) is 0 Å². The average molecular weight is 438 g/mol. The van der Waals surface area contributed by atoms with Gasteiger partial charge in [-0.3, -0.25) is 9.69 Å². The summed E-state index contributed by atoms with van der Waals surface area (Å²) in [5.41, 5.74) is 1.81. The van der Waals surface area contributed by atoms with Crippen LogP contribution >= 0.6 is 24.0 Å². The van der Waals surface area contributed by atoms with Crippen LogP contribution in [0.25, 0.3) is 6.08 Å². The summed E-state index contributed by atoms with van der Waals surface area (Å²) < 4.78 is 17.2. The zero-order valence-corrected chi connectivity index (χ0v) is 17.9. The van der Waals surface area contributed by atoms with Gasteiger partial charge in [0.2, 0.25) is 0 Å². The first kappa shape index (κ1) is 20.3. The van der Waals surface area contributed by atoms with Crippen molar-refractivity contribution in [2.45, 2.75) is 13.2 Å². The van der Waals surface area contributed by atoms with Gasteiger partial charge in [-0.2, -0.15) is 0 Å². The molecule has 7 heteroatoms. The van der Waals surface area contributed by atoms with E-state index >= 15 is 0 Å². The summed E-state index contributed by atoms with van der Waals surface area (Å²) in [6.07, 6.45) is 3.37. The predicted octanol–water partition coefficient (Wildman–Crippen LogP) is 5.27. The number of carbonyl (C=O) groups excluding carboxylic acids is 1. The molecule has 1 saturated heterocycles. The summed E-state index contributed by atoms with van der Waals surface area (Å²) in [6, 6.07) is 19.0. The maximum Gasteiger partial charge on any atom is 0.266 e. The Morgan fingerprint density at radius 3 is 2.70 bits per heavy atom. The van der Waals surface area contributed by atoms with E-state index in [4.69, 9.17) is 26.1 Å². The number of nitrogens with zero attached hydrogens (tertiary/aromatic N) is 1. The Morgan fingerprint density at radius 2 is 1.97 bits per heavy atom. The monoisotopic (exact) mass is 437 g/mol. The number of amides is 1. The molecular weight excluding hydrogens is 418 g/mol. The number of ether oxygens (including phenoxy) is 2. The molecule has 1 fully saturated rings. The van der Waals surface area contributed by atoms with E-state index in [9.17, 15) is 4.79 Å². The minimum atomic E-state index is -0.154. The molecule has 0 atom stereocenters. The molecule has 1 amide bonds. The smallest absolute Gasteiger partial charge is 0.266 e. The minimum absolute atomic E-state index is 0.154. The van der Waals surface area contributed by atoms with Crippen LogP contribution in [0.3, 0.4) is 0 Å². The molecule has 0 aliphatic carbocycles. The fourth-order valence-electron chi connectivity index (χ4n) is 2.97. The Kier molecular flexibility index (Phi) is 6.21. The van der Waals surface area contributed by atoms with Crippen LogP contribution in [0.2, 0.25) is 0 Å². The van der Waals surface area contributed by atoms with Gasteiger partial charge in [-0.15, -0.1) is 0 Å². The predicted molar refractivity (Wildman–Crippen MR) is 121 cm³/mol. The van der Waals surface area contributed by atoms with E-state index in [1.165, 1.54) is 16.7 Å². The first-order valence-electron chi connectivity index (χ1n) is 9.26. The van der Waals surface area contributed by atoms with Crippen LogP contribution in [0.1, 0.15) is 16.9 Å². The van der Waals surface area contributed by atoms with E-state index in [1.54, 1.807) is 25.5 Å². The molecule has 2 aromatic carbocycles. The second kappa shape index (κ2) is 9.19. The zero-order valence-electron chi connectivity index (χ0n) is 16.2. The lowest BCUT2D eigenvalue weighted by atomic mass is 10.1. The maximum atomic E-state index is 12.9. The van der Waals surface area contributed by atoms with Gasteiger partial charge in [-0.05, 0) is 42.0 Å². The topological polar surface area (TPSA) is 51.9 Å². The van der Waals surface area contributed by atoms with Gasteiger partial charge in [-0.1, -0.05) is 54.3 Å². The third kappa shape index (κ3) is 4.58. The van der Waals surface area contributed by atoms with Gasteiger partial charge >= 0.3 is 0 Å². The van der Waals surface area contributed by atoms with Crippen LogP contribution in [-0.4, -0.2) is 22.2 Å². The van der Waals surface area contributed by atoms with Gasteiger partial charge < -0.3 is 13.9 Å². The first-order valence-corrected chi connectivity index (χ1v) is 10.5. The number of rotatable bonds is 7. The molecule has 0 saturated carbocycles. The summed E-state index contributed by atoms with van der Waals surface area (Å²) >= 11 is 6.68. The van der Waals surface area contributed by atoms with Crippen molar-refractivity contribution >= 4 is 40.3 Å². The van der Waals surface area contributed by atoms with E-state index in [-0.39, 0.29) is 5.91 Å². The van der Waals surface area contributed by atoms with Crippen molar-refractivity contribution < 1.29 is 18.7 Å². The molecule has 5 nitrogen and oxygen atoms in total. The van der Waals surface area contributed by atoms with Crippen LogP contribution in [0.15, 0.2) is 76.2 Å². The second-order valence-corrected chi connectivity index (χ2v) is 8.20. The van der Waals surface area contributed by atoms with E-state index < -0.39 is 0 Å². The SMILES string of the molecule is COc1ccc(OCc2ccccc2)c(C=C2SC(=S)N(Cc3ccco3)C2=O)c1. The lowest BCUT2D eigenvalue weighted by Crippen LogP contribution is -2.27. The highest BCUT2D eigenvalue weighted by atomic mass is 32.2. The number of thioether (sulfide) groups is 1. The molecule has 0 unspecified atom stereocenters. The van der Waals surface area contributed by atoms with Gasteiger partial charge in [0.15, 0.2) is 0 Å². The number of hydrogen-bond acceptors (Lipinski definition) is 6. The molecule has 152 valence electrons. The molecule has 1 aliphatic heterocycles. The first-order chi connectivity index (χ1) is 14.6. The minimum Gasteiger partial charge on any atom is -0.497 e. The van der Waals surface area contributed by atoms with Crippen molar-refractivity contribution in [3.8, 4) is 11.5 Å². The van der Waals surface area contributed by atoms with Crippen molar-refractivity contribution in [3.05, 3.63) is 88.7 Å². The summed E-state index contributed by atoms with van der Waals surface area (Å²) in [5.74, 6) is 1.87. The van der Waals surface area contributed by atoms with Crippen LogP contribution in [-0.2, 0) is 17.9 Å². The van der Waals surface area contributed by atoms with Crippen LogP contribution in [0.4, 0.5) is 0 Å².